The van der Waals surface area contributed by atoms with E-state index >= 15 is 0 Å². The van der Waals surface area contributed by atoms with Gasteiger partial charge in [0.25, 0.3) is 0 Å². The van der Waals surface area contributed by atoms with E-state index in [4.69, 9.17) is 4.74 Å². The lowest BCUT2D eigenvalue weighted by Gasteiger charge is -2.35. The minimum Gasteiger partial charge on any atom is -0.504 e. The number of aromatic nitrogens is 3. The van der Waals surface area contributed by atoms with Gasteiger partial charge in [-0.15, -0.1) is 0 Å². The van der Waals surface area contributed by atoms with Crippen molar-refractivity contribution in [1.29, 1.82) is 0 Å². The summed E-state index contributed by atoms with van der Waals surface area (Å²) in [6.07, 6.45) is 2.66. The maximum Gasteiger partial charge on any atom is 0.226 e. The quantitative estimate of drug-likeness (QED) is 0.581. The highest BCUT2D eigenvalue weighted by Crippen LogP contribution is 2.45. The highest BCUT2D eigenvalue weighted by Gasteiger charge is 2.39. The first-order valence-electron chi connectivity index (χ1n) is 11.4. The van der Waals surface area contributed by atoms with Crippen LogP contribution in [0, 0.1) is 0 Å². The molecule has 2 N–H and O–H groups in total. The largest absolute Gasteiger partial charge is 0.504 e. The van der Waals surface area contributed by atoms with Gasteiger partial charge in [0.2, 0.25) is 5.95 Å². The number of carbonyl (C=O) groups is 1. The fraction of sp³-hybridized carbons (Fsp3) is 0.346. The van der Waals surface area contributed by atoms with Gasteiger partial charge in [-0.05, 0) is 54.0 Å². The summed E-state index contributed by atoms with van der Waals surface area (Å²) < 4.78 is 7.32. The minimum atomic E-state index is -0.421. The van der Waals surface area contributed by atoms with Crippen molar-refractivity contribution in [3.05, 3.63) is 76.8 Å². The zero-order valence-corrected chi connectivity index (χ0v) is 19.1. The molecule has 7 nitrogen and oxygen atoms in total. The maximum absolute atomic E-state index is 13.5. The zero-order valence-electron chi connectivity index (χ0n) is 19.1. The Kier molecular flexibility index (Phi) is 5.40. The van der Waals surface area contributed by atoms with E-state index in [0.29, 0.717) is 36.2 Å². The molecule has 2 heterocycles. The van der Waals surface area contributed by atoms with E-state index in [0.717, 1.165) is 17.7 Å². The van der Waals surface area contributed by atoms with Gasteiger partial charge in [0.05, 0.1) is 6.61 Å². The van der Waals surface area contributed by atoms with Crippen molar-refractivity contribution in [3.63, 3.8) is 0 Å². The van der Waals surface area contributed by atoms with Gasteiger partial charge in [-0.1, -0.05) is 44.2 Å². The van der Waals surface area contributed by atoms with Gasteiger partial charge in [-0.3, -0.25) is 4.79 Å². The van der Waals surface area contributed by atoms with E-state index in [-0.39, 0.29) is 17.5 Å². The first-order chi connectivity index (χ1) is 16.0. The molecule has 1 aromatic heterocycles. The predicted octanol–water partition coefficient (Wildman–Crippen LogP) is 4.92. The SMILES string of the molecule is CCOc1cc([C@H]2C3=C(C[C@H](c4ccc(C(C)C)cc4)CC3=O)Nc3ncnn32)ccc1O. The first-order valence-corrected chi connectivity index (χ1v) is 11.4. The molecule has 5 rings (SSSR count). The monoisotopic (exact) mass is 444 g/mol. The average molecular weight is 445 g/mol. The van der Waals surface area contributed by atoms with E-state index < -0.39 is 6.04 Å². The van der Waals surface area contributed by atoms with Crippen LogP contribution in [0.15, 0.2) is 60.1 Å². The number of hydrogen-bond acceptors (Lipinski definition) is 6. The number of anilines is 1. The average Bonchev–Trinajstić information content (AvgIpc) is 3.27. The summed E-state index contributed by atoms with van der Waals surface area (Å²) in [6.45, 7) is 6.66. The number of allylic oxidation sites excluding steroid dienone is 2. The van der Waals surface area contributed by atoms with E-state index in [1.165, 1.54) is 17.5 Å². The summed E-state index contributed by atoms with van der Waals surface area (Å²) in [4.78, 5) is 17.9. The Balaban J connectivity index is 1.54. The molecule has 2 aromatic carbocycles. The van der Waals surface area contributed by atoms with Crippen LogP contribution < -0.4 is 10.1 Å². The molecule has 1 aliphatic heterocycles. The second-order valence-corrected chi connectivity index (χ2v) is 8.96. The van der Waals surface area contributed by atoms with Crippen LogP contribution in [0.1, 0.15) is 68.2 Å². The first kappa shape index (κ1) is 21.2. The van der Waals surface area contributed by atoms with Crippen LogP contribution in [0.2, 0.25) is 0 Å². The Morgan fingerprint density at radius 3 is 2.64 bits per heavy atom. The van der Waals surface area contributed by atoms with Crippen molar-refractivity contribution in [1.82, 2.24) is 14.8 Å². The molecule has 0 saturated heterocycles. The molecule has 7 heteroatoms. The molecule has 3 aromatic rings. The highest BCUT2D eigenvalue weighted by atomic mass is 16.5. The molecular weight excluding hydrogens is 416 g/mol. The molecule has 0 unspecified atom stereocenters. The van der Waals surface area contributed by atoms with Gasteiger partial charge >= 0.3 is 0 Å². The number of phenols is 1. The lowest BCUT2D eigenvalue weighted by atomic mass is 9.77. The van der Waals surface area contributed by atoms with Crippen LogP contribution in [0.4, 0.5) is 5.95 Å². The summed E-state index contributed by atoms with van der Waals surface area (Å²) in [5.41, 5.74) is 4.89. The molecule has 0 bridgehead atoms. The number of carbonyl (C=O) groups excluding carboxylic acids is 1. The molecule has 2 atom stereocenters. The number of Topliss-reactive ketones (excluding diaryl/α,β-unsaturated/α-hetero) is 1. The second kappa shape index (κ2) is 8.39. The number of ether oxygens (including phenoxy) is 1. The number of phenolic OH excluding ortho intramolecular Hbond substituents is 1. The molecule has 0 spiro atoms. The van der Waals surface area contributed by atoms with E-state index in [9.17, 15) is 9.90 Å². The number of hydrogen-bond donors (Lipinski definition) is 2. The smallest absolute Gasteiger partial charge is 0.226 e. The lowest BCUT2D eigenvalue weighted by molar-refractivity contribution is -0.116. The Labute approximate surface area is 193 Å². The van der Waals surface area contributed by atoms with Crippen molar-refractivity contribution in [2.75, 3.05) is 11.9 Å². The molecule has 1 aliphatic carbocycles. The van der Waals surface area contributed by atoms with Crippen molar-refractivity contribution in [3.8, 4) is 11.5 Å². The number of nitrogens with zero attached hydrogens (tertiary/aromatic N) is 3. The topological polar surface area (TPSA) is 89.3 Å². The van der Waals surface area contributed by atoms with Crippen molar-refractivity contribution in [2.45, 2.75) is 51.5 Å². The summed E-state index contributed by atoms with van der Waals surface area (Å²) >= 11 is 0. The van der Waals surface area contributed by atoms with Crippen LogP contribution >= 0.6 is 0 Å². The van der Waals surface area contributed by atoms with Gasteiger partial charge in [0.15, 0.2) is 17.3 Å². The van der Waals surface area contributed by atoms with E-state index in [2.05, 4.69) is 53.5 Å². The molecule has 0 fully saturated rings. The normalized spacial score (nSPS) is 19.8. The van der Waals surface area contributed by atoms with Crippen LogP contribution in [-0.4, -0.2) is 32.3 Å². The van der Waals surface area contributed by atoms with Crippen molar-refractivity contribution in [2.24, 2.45) is 0 Å². The van der Waals surface area contributed by atoms with Crippen molar-refractivity contribution < 1.29 is 14.6 Å². The second-order valence-electron chi connectivity index (χ2n) is 8.96. The van der Waals surface area contributed by atoms with Crippen LogP contribution in [0.5, 0.6) is 11.5 Å². The number of ketones is 1. The molecule has 0 saturated carbocycles. The fourth-order valence-electron chi connectivity index (χ4n) is 4.82. The summed E-state index contributed by atoms with van der Waals surface area (Å²) in [6, 6.07) is 13.4. The number of nitrogens with one attached hydrogen (secondary N) is 1. The third-order valence-corrected chi connectivity index (χ3v) is 6.54. The molecule has 170 valence electrons. The third-order valence-electron chi connectivity index (χ3n) is 6.54. The van der Waals surface area contributed by atoms with Crippen LogP contribution in [0.3, 0.4) is 0 Å². The summed E-state index contributed by atoms with van der Waals surface area (Å²) in [7, 11) is 0. The summed E-state index contributed by atoms with van der Waals surface area (Å²) in [5, 5.41) is 17.9. The number of benzene rings is 2. The molecule has 2 aliphatic rings. The molecule has 33 heavy (non-hydrogen) atoms. The molecule has 0 radical (unpaired) electrons. The summed E-state index contributed by atoms with van der Waals surface area (Å²) in [5.74, 6) is 1.75. The van der Waals surface area contributed by atoms with Gasteiger partial charge in [0.1, 0.15) is 12.4 Å². The van der Waals surface area contributed by atoms with Crippen LogP contribution in [0.25, 0.3) is 0 Å². The van der Waals surface area contributed by atoms with Crippen molar-refractivity contribution >= 4 is 11.7 Å². The number of aromatic hydroxyl groups is 1. The lowest BCUT2D eigenvalue weighted by Crippen LogP contribution is -2.33. The number of rotatable bonds is 5. The zero-order chi connectivity index (χ0) is 23.1. The maximum atomic E-state index is 13.5. The Morgan fingerprint density at radius 2 is 1.91 bits per heavy atom. The number of fused-ring (bicyclic) bond motifs is 1. The third kappa shape index (κ3) is 3.77. The molecule has 0 amide bonds. The fourth-order valence-corrected chi connectivity index (χ4v) is 4.82. The Morgan fingerprint density at radius 1 is 1.15 bits per heavy atom. The molecular formula is C26H28N4O3. The van der Waals surface area contributed by atoms with Crippen LogP contribution in [-0.2, 0) is 4.79 Å². The Bertz CT molecular complexity index is 1230. The minimum absolute atomic E-state index is 0.0717. The predicted molar refractivity (Wildman–Crippen MR) is 126 cm³/mol. The van der Waals surface area contributed by atoms with Gasteiger partial charge in [-0.25, -0.2) is 4.68 Å². The van der Waals surface area contributed by atoms with Gasteiger partial charge < -0.3 is 15.2 Å². The highest BCUT2D eigenvalue weighted by molar-refractivity contribution is 6.00. The van der Waals surface area contributed by atoms with Gasteiger partial charge in [0, 0.05) is 17.7 Å². The van der Waals surface area contributed by atoms with E-state index in [1.54, 1.807) is 16.8 Å². The Hall–Kier alpha value is -3.61. The standard InChI is InChI=1S/C26H28N4O3/c1-4-33-23-13-18(9-10-21(23)31)25-24-20(29-26-27-14-28-30(25)26)11-19(12-22(24)32)17-7-5-16(6-8-17)15(2)3/h5-10,13-15,19,25,31H,4,11-12H2,1-3H3,(H,27,28,29)/t19-,25-/m0/s1. The van der Waals surface area contributed by atoms with E-state index in [1.807, 2.05) is 13.0 Å². The van der Waals surface area contributed by atoms with Gasteiger partial charge in [-0.2, -0.15) is 10.1 Å².